The molecule has 5 nitrogen and oxygen atoms in total. The average molecular weight is 331 g/mol. The van der Waals surface area contributed by atoms with Gasteiger partial charge in [0.25, 0.3) is 0 Å². The fourth-order valence-corrected chi connectivity index (χ4v) is 3.22. The molecule has 1 aliphatic heterocycles. The Hall–Kier alpha value is -1.88. The first-order valence-corrected chi connectivity index (χ1v) is 8.85. The van der Waals surface area contributed by atoms with Crippen molar-refractivity contribution in [3.63, 3.8) is 0 Å². The van der Waals surface area contributed by atoms with Crippen LogP contribution >= 0.6 is 0 Å². The molecule has 0 aromatic heterocycles. The number of benzene rings is 1. The van der Waals surface area contributed by atoms with Crippen LogP contribution in [0.1, 0.15) is 44.2 Å². The van der Waals surface area contributed by atoms with E-state index < -0.39 is 0 Å². The van der Waals surface area contributed by atoms with Crippen molar-refractivity contribution in [1.29, 1.82) is 0 Å². The van der Waals surface area contributed by atoms with Crippen LogP contribution in [0.3, 0.4) is 0 Å². The van der Waals surface area contributed by atoms with Crippen LogP contribution in [0.4, 0.5) is 0 Å². The van der Waals surface area contributed by atoms with Crippen LogP contribution in [0.25, 0.3) is 0 Å². The van der Waals surface area contributed by atoms with Crippen LogP contribution in [0.15, 0.2) is 30.3 Å². The Kier molecular flexibility index (Phi) is 7.25. The first kappa shape index (κ1) is 18.5. The second kappa shape index (κ2) is 9.42. The molecule has 132 valence electrons. The van der Waals surface area contributed by atoms with Crippen molar-refractivity contribution in [3.05, 3.63) is 35.9 Å². The van der Waals surface area contributed by atoms with Gasteiger partial charge in [-0.2, -0.15) is 0 Å². The quantitative estimate of drug-likeness (QED) is 0.813. The van der Waals surface area contributed by atoms with Gasteiger partial charge in [0.15, 0.2) is 0 Å². The van der Waals surface area contributed by atoms with E-state index in [1.807, 2.05) is 23.1 Å². The van der Waals surface area contributed by atoms with E-state index in [2.05, 4.69) is 29.4 Å². The number of nitrogens with zero attached hydrogens (tertiary/aromatic N) is 2. The summed E-state index contributed by atoms with van der Waals surface area (Å²) in [6, 6.07) is 10.4. The summed E-state index contributed by atoms with van der Waals surface area (Å²) in [6.45, 7) is 4.82. The van der Waals surface area contributed by atoms with Gasteiger partial charge in [0.05, 0.1) is 0 Å². The molecule has 2 rings (SSSR count). The van der Waals surface area contributed by atoms with E-state index in [0.717, 1.165) is 38.9 Å². The molecule has 1 N–H and O–H groups in total. The molecular formula is C19H29N3O2. The number of hydrogen-bond donors (Lipinski definition) is 1. The zero-order valence-corrected chi connectivity index (χ0v) is 14.8. The number of carbonyl (C=O) groups is 2. The summed E-state index contributed by atoms with van der Waals surface area (Å²) in [7, 11) is 2.11. The van der Waals surface area contributed by atoms with E-state index in [9.17, 15) is 9.59 Å². The van der Waals surface area contributed by atoms with E-state index in [1.165, 1.54) is 12.5 Å². The zero-order chi connectivity index (χ0) is 17.4. The summed E-state index contributed by atoms with van der Waals surface area (Å²) >= 11 is 0. The number of unbranched alkanes of at least 4 members (excludes halogenated alkanes) is 1. The second-order valence-corrected chi connectivity index (χ2v) is 6.54. The molecule has 0 bridgehead atoms. The number of nitrogens with one attached hydrogen (secondary N) is 1. The van der Waals surface area contributed by atoms with E-state index in [-0.39, 0.29) is 17.9 Å². The van der Waals surface area contributed by atoms with Gasteiger partial charge >= 0.3 is 0 Å². The van der Waals surface area contributed by atoms with Gasteiger partial charge in [-0.25, -0.2) is 0 Å². The van der Waals surface area contributed by atoms with Crippen molar-refractivity contribution in [1.82, 2.24) is 15.1 Å². The molecule has 24 heavy (non-hydrogen) atoms. The smallest absolute Gasteiger partial charge is 0.224 e. The largest absolute Gasteiger partial charge is 0.356 e. The molecule has 0 radical (unpaired) electrons. The molecule has 1 aliphatic rings. The molecular weight excluding hydrogens is 302 g/mol. The van der Waals surface area contributed by atoms with Gasteiger partial charge in [0.2, 0.25) is 11.8 Å². The van der Waals surface area contributed by atoms with Crippen molar-refractivity contribution in [2.24, 2.45) is 0 Å². The van der Waals surface area contributed by atoms with Gasteiger partial charge < -0.3 is 10.2 Å². The summed E-state index contributed by atoms with van der Waals surface area (Å²) in [5.41, 5.74) is 1.21. The van der Waals surface area contributed by atoms with Crippen LogP contribution in [-0.2, 0) is 9.59 Å². The van der Waals surface area contributed by atoms with Crippen molar-refractivity contribution < 1.29 is 9.59 Å². The maximum absolute atomic E-state index is 12.7. The van der Waals surface area contributed by atoms with Crippen molar-refractivity contribution in [2.45, 2.75) is 38.6 Å². The van der Waals surface area contributed by atoms with Crippen molar-refractivity contribution in [2.75, 3.05) is 33.2 Å². The average Bonchev–Trinajstić information content (AvgIpc) is 2.56. The van der Waals surface area contributed by atoms with Gasteiger partial charge in [0, 0.05) is 45.6 Å². The van der Waals surface area contributed by atoms with Crippen LogP contribution in [0, 0.1) is 0 Å². The zero-order valence-electron chi connectivity index (χ0n) is 14.8. The standard InChI is InChI=1S/C19H29N3O2/c1-16(23)20-11-6-7-13-22-14-8-12-21(2)18(15-19(22)24)17-9-4-3-5-10-17/h3-5,9-10,18H,6-8,11-15H2,1-2H3,(H,20,23)/t18-/m0/s1. The molecule has 0 saturated carbocycles. The maximum atomic E-state index is 12.7. The highest BCUT2D eigenvalue weighted by molar-refractivity contribution is 5.77. The molecule has 5 heteroatoms. The van der Waals surface area contributed by atoms with Gasteiger partial charge in [-0.05, 0) is 31.9 Å². The Morgan fingerprint density at radius 2 is 1.96 bits per heavy atom. The summed E-state index contributed by atoms with van der Waals surface area (Å²) < 4.78 is 0. The third-order valence-corrected chi connectivity index (χ3v) is 4.60. The van der Waals surface area contributed by atoms with Crippen molar-refractivity contribution >= 4 is 11.8 Å². The molecule has 1 aromatic rings. The second-order valence-electron chi connectivity index (χ2n) is 6.54. The first-order valence-electron chi connectivity index (χ1n) is 8.85. The lowest BCUT2D eigenvalue weighted by atomic mass is 10.00. The molecule has 0 spiro atoms. The number of hydrogen-bond acceptors (Lipinski definition) is 3. The number of rotatable bonds is 6. The Morgan fingerprint density at radius 1 is 1.21 bits per heavy atom. The van der Waals surface area contributed by atoms with Crippen LogP contribution in [0.5, 0.6) is 0 Å². The molecule has 0 unspecified atom stereocenters. The third kappa shape index (κ3) is 5.64. The van der Waals surface area contributed by atoms with E-state index >= 15 is 0 Å². The number of carbonyl (C=O) groups excluding carboxylic acids is 2. The minimum absolute atomic E-state index is 0.00563. The molecule has 0 aliphatic carbocycles. The highest BCUT2D eigenvalue weighted by Crippen LogP contribution is 2.25. The SMILES string of the molecule is CC(=O)NCCCCN1CCCN(C)[C@H](c2ccccc2)CC1=O. The predicted molar refractivity (Wildman–Crippen MR) is 95.5 cm³/mol. The summed E-state index contributed by atoms with van der Waals surface area (Å²) in [6.07, 6.45) is 3.37. The number of amides is 2. The minimum atomic E-state index is 0.00563. The lowest BCUT2D eigenvalue weighted by molar-refractivity contribution is -0.133. The van der Waals surface area contributed by atoms with Gasteiger partial charge in [-0.3, -0.25) is 14.5 Å². The predicted octanol–water partition coefficient (Wildman–Crippen LogP) is 2.20. The first-order chi connectivity index (χ1) is 11.6. The van der Waals surface area contributed by atoms with Crippen LogP contribution < -0.4 is 5.32 Å². The molecule has 2 amide bonds. The molecule has 1 aromatic carbocycles. The third-order valence-electron chi connectivity index (χ3n) is 4.60. The van der Waals surface area contributed by atoms with Crippen LogP contribution in [-0.4, -0.2) is 54.8 Å². The van der Waals surface area contributed by atoms with E-state index in [0.29, 0.717) is 13.0 Å². The molecule has 1 heterocycles. The monoisotopic (exact) mass is 331 g/mol. The Morgan fingerprint density at radius 3 is 2.67 bits per heavy atom. The minimum Gasteiger partial charge on any atom is -0.356 e. The van der Waals surface area contributed by atoms with Crippen LogP contribution in [0.2, 0.25) is 0 Å². The Labute approximate surface area is 145 Å². The highest BCUT2D eigenvalue weighted by Gasteiger charge is 2.25. The van der Waals surface area contributed by atoms with Crippen molar-refractivity contribution in [3.8, 4) is 0 Å². The molecule has 1 fully saturated rings. The highest BCUT2D eigenvalue weighted by atomic mass is 16.2. The fourth-order valence-electron chi connectivity index (χ4n) is 3.22. The fraction of sp³-hybridized carbons (Fsp3) is 0.579. The normalized spacial score (nSPS) is 19.7. The maximum Gasteiger partial charge on any atom is 0.224 e. The van der Waals surface area contributed by atoms with E-state index in [1.54, 1.807) is 0 Å². The lowest BCUT2D eigenvalue weighted by Crippen LogP contribution is -2.41. The van der Waals surface area contributed by atoms with Gasteiger partial charge in [0.1, 0.15) is 0 Å². The summed E-state index contributed by atoms with van der Waals surface area (Å²) in [5.74, 6) is 0.237. The van der Waals surface area contributed by atoms with Gasteiger partial charge in [-0.15, -0.1) is 0 Å². The Balaban J connectivity index is 1.89. The topological polar surface area (TPSA) is 52.7 Å². The summed E-state index contributed by atoms with van der Waals surface area (Å²) in [5, 5.41) is 2.80. The van der Waals surface area contributed by atoms with Gasteiger partial charge in [-0.1, -0.05) is 30.3 Å². The molecule has 1 atom stereocenters. The van der Waals surface area contributed by atoms with E-state index in [4.69, 9.17) is 0 Å². The Bertz CT molecular complexity index is 533. The molecule has 1 saturated heterocycles. The summed E-state index contributed by atoms with van der Waals surface area (Å²) in [4.78, 5) is 27.9. The lowest BCUT2D eigenvalue weighted by Gasteiger charge is -2.34.